The average molecular weight is 262 g/mol. The van der Waals surface area contributed by atoms with Gasteiger partial charge < -0.3 is 21.1 Å². The summed E-state index contributed by atoms with van der Waals surface area (Å²) in [6.07, 6.45) is 0.268. The van der Waals surface area contributed by atoms with Crippen LogP contribution in [0.5, 0.6) is 0 Å². The van der Waals surface area contributed by atoms with E-state index in [0.717, 1.165) is 0 Å². The number of nitrogen functional groups attached to an aromatic ring is 2. The Kier molecular flexibility index (Phi) is 5.64. The molecule has 4 N–H and O–H groups in total. The summed E-state index contributed by atoms with van der Waals surface area (Å²) in [5.41, 5.74) is 12.6. The van der Waals surface area contributed by atoms with Crippen molar-refractivity contribution in [1.82, 2.24) is 4.90 Å². The Bertz CT molecular complexity index is 482. The number of hydrogen-bond acceptors (Lipinski definition) is 5. The number of methoxy groups -OCH3 is 1. The molecule has 6 nitrogen and oxygen atoms in total. The molecular formula is C13H18N4O2. The second kappa shape index (κ2) is 7.24. The number of nitrogens with two attached hydrogens (primary N) is 2. The van der Waals surface area contributed by atoms with E-state index < -0.39 is 0 Å². The predicted molar refractivity (Wildman–Crippen MR) is 73.3 cm³/mol. The minimum absolute atomic E-state index is 0.218. The maximum absolute atomic E-state index is 12.3. The monoisotopic (exact) mass is 262 g/mol. The molecule has 19 heavy (non-hydrogen) atoms. The highest BCUT2D eigenvalue weighted by molar-refractivity contribution is 5.99. The lowest BCUT2D eigenvalue weighted by Gasteiger charge is -2.22. The van der Waals surface area contributed by atoms with Crippen LogP contribution in [0.3, 0.4) is 0 Å². The summed E-state index contributed by atoms with van der Waals surface area (Å²) in [6.45, 7) is 1.18. The van der Waals surface area contributed by atoms with Crippen LogP contribution in [0.1, 0.15) is 16.8 Å². The largest absolute Gasteiger partial charge is 0.399 e. The second-order valence-electron chi connectivity index (χ2n) is 4.04. The van der Waals surface area contributed by atoms with Crippen molar-refractivity contribution in [3.8, 4) is 6.07 Å². The number of benzene rings is 1. The van der Waals surface area contributed by atoms with Crippen molar-refractivity contribution in [2.75, 3.05) is 38.3 Å². The molecular weight excluding hydrogens is 244 g/mol. The summed E-state index contributed by atoms with van der Waals surface area (Å²) in [4.78, 5) is 13.9. The van der Waals surface area contributed by atoms with Gasteiger partial charge in [-0.1, -0.05) is 0 Å². The summed E-state index contributed by atoms with van der Waals surface area (Å²) in [5, 5.41) is 8.62. The first-order chi connectivity index (χ1) is 9.10. The molecule has 0 radical (unpaired) electrons. The lowest BCUT2D eigenvalue weighted by Crippen LogP contribution is -2.35. The van der Waals surface area contributed by atoms with Gasteiger partial charge in [-0.15, -0.1) is 0 Å². The van der Waals surface area contributed by atoms with Gasteiger partial charge in [0.05, 0.1) is 24.7 Å². The Balaban J connectivity index is 2.88. The molecule has 6 heteroatoms. The highest BCUT2D eigenvalue weighted by Crippen LogP contribution is 2.17. The third kappa shape index (κ3) is 4.16. The zero-order valence-corrected chi connectivity index (χ0v) is 10.9. The highest BCUT2D eigenvalue weighted by atomic mass is 16.5. The van der Waals surface area contributed by atoms with E-state index in [1.165, 1.54) is 0 Å². The van der Waals surface area contributed by atoms with Crippen LogP contribution in [0.25, 0.3) is 0 Å². The van der Waals surface area contributed by atoms with E-state index in [0.29, 0.717) is 36.6 Å². The summed E-state index contributed by atoms with van der Waals surface area (Å²) < 4.78 is 4.96. The van der Waals surface area contributed by atoms with E-state index in [-0.39, 0.29) is 12.3 Å². The number of nitriles is 1. The first-order valence-corrected chi connectivity index (χ1v) is 5.90. The number of rotatable bonds is 6. The Morgan fingerprint density at radius 1 is 1.42 bits per heavy atom. The highest BCUT2D eigenvalue weighted by Gasteiger charge is 2.17. The standard InChI is InChI=1S/C13H18N4O2/c1-19-8-7-17(6-2-5-14)13(18)11-4-3-10(15)9-12(11)16/h3-4,9H,2,6-8,15-16H2,1H3. The Morgan fingerprint density at radius 2 is 2.16 bits per heavy atom. The molecule has 0 aliphatic rings. The molecule has 0 spiro atoms. The third-order valence-corrected chi connectivity index (χ3v) is 2.65. The van der Waals surface area contributed by atoms with Crippen molar-refractivity contribution in [2.24, 2.45) is 0 Å². The van der Waals surface area contributed by atoms with Crippen LogP contribution in [0.15, 0.2) is 18.2 Å². The van der Waals surface area contributed by atoms with Gasteiger partial charge in [0.25, 0.3) is 5.91 Å². The van der Waals surface area contributed by atoms with Gasteiger partial charge in [0.1, 0.15) is 0 Å². The molecule has 0 unspecified atom stereocenters. The SMILES string of the molecule is COCCN(CCC#N)C(=O)c1ccc(N)cc1N. The molecule has 0 saturated carbocycles. The fourth-order valence-electron chi connectivity index (χ4n) is 1.65. The van der Waals surface area contributed by atoms with Crippen LogP contribution in [-0.2, 0) is 4.74 Å². The number of ether oxygens (including phenoxy) is 1. The van der Waals surface area contributed by atoms with Gasteiger partial charge in [-0.05, 0) is 18.2 Å². The topological polar surface area (TPSA) is 105 Å². The normalized spacial score (nSPS) is 9.89. The van der Waals surface area contributed by atoms with Gasteiger partial charge in [0.15, 0.2) is 0 Å². The number of carbonyl (C=O) groups excluding carboxylic acids is 1. The van der Waals surface area contributed by atoms with E-state index in [9.17, 15) is 4.79 Å². The zero-order chi connectivity index (χ0) is 14.3. The lowest BCUT2D eigenvalue weighted by molar-refractivity contribution is 0.0701. The van der Waals surface area contributed by atoms with Gasteiger partial charge >= 0.3 is 0 Å². The van der Waals surface area contributed by atoms with E-state index in [4.69, 9.17) is 21.5 Å². The summed E-state index contributed by atoms with van der Waals surface area (Å²) >= 11 is 0. The molecule has 0 bridgehead atoms. The van der Waals surface area contributed by atoms with Crippen molar-refractivity contribution in [2.45, 2.75) is 6.42 Å². The Labute approximate surface area is 112 Å². The number of carbonyl (C=O) groups is 1. The molecule has 1 aromatic rings. The van der Waals surface area contributed by atoms with Crippen LogP contribution >= 0.6 is 0 Å². The van der Waals surface area contributed by atoms with E-state index in [1.54, 1.807) is 30.2 Å². The maximum atomic E-state index is 12.3. The second-order valence-corrected chi connectivity index (χ2v) is 4.04. The molecule has 0 fully saturated rings. The quantitative estimate of drug-likeness (QED) is 0.739. The third-order valence-electron chi connectivity index (χ3n) is 2.65. The van der Waals surface area contributed by atoms with Crippen molar-refractivity contribution in [3.05, 3.63) is 23.8 Å². The van der Waals surface area contributed by atoms with Crippen LogP contribution < -0.4 is 11.5 Å². The zero-order valence-electron chi connectivity index (χ0n) is 10.9. The molecule has 0 saturated heterocycles. The molecule has 0 atom stereocenters. The number of nitrogens with zero attached hydrogens (tertiary/aromatic N) is 2. The number of anilines is 2. The Morgan fingerprint density at radius 3 is 2.74 bits per heavy atom. The van der Waals surface area contributed by atoms with Crippen LogP contribution in [0, 0.1) is 11.3 Å². The first-order valence-electron chi connectivity index (χ1n) is 5.90. The van der Waals surface area contributed by atoms with Gasteiger partial charge in [-0.3, -0.25) is 4.79 Å². The minimum Gasteiger partial charge on any atom is -0.399 e. The van der Waals surface area contributed by atoms with Crippen LogP contribution in [0.4, 0.5) is 11.4 Å². The lowest BCUT2D eigenvalue weighted by atomic mass is 10.1. The molecule has 0 aliphatic heterocycles. The maximum Gasteiger partial charge on any atom is 0.256 e. The van der Waals surface area contributed by atoms with E-state index >= 15 is 0 Å². The van der Waals surface area contributed by atoms with E-state index in [1.807, 2.05) is 6.07 Å². The van der Waals surface area contributed by atoms with Crippen LogP contribution in [-0.4, -0.2) is 37.6 Å². The Hall–Kier alpha value is -2.26. The van der Waals surface area contributed by atoms with Crippen molar-refractivity contribution < 1.29 is 9.53 Å². The summed E-state index contributed by atoms with van der Waals surface area (Å²) in [6, 6.07) is 6.79. The molecule has 1 rings (SSSR count). The van der Waals surface area contributed by atoms with Crippen LogP contribution in [0.2, 0.25) is 0 Å². The van der Waals surface area contributed by atoms with Gasteiger partial charge in [-0.25, -0.2) is 0 Å². The summed E-state index contributed by atoms with van der Waals surface area (Å²) in [7, 11) is 1.56. The van der Waals surface area contributed by atoms with Gasteiger partial charge in [0.2, 0.25) is 0 Å². The first kappa shape index (κ1) is 14.8. The van der Waals surface area contributed by atoms with E-state index in [2.05, 4.69) is 0 Å². The fraction of sp³-hybridized carbons (Fsp3) is 0.385. The van der Waals surface area contributed by atoms with Crippen molar-refractivity contribution in [3.63, 3.8) is 0 Å². The predicted octanol–water partition coefficient (Wildman–Crippen LogP) is 0.853. The molecule has 1 amide bonds. The fourth-order valence-corrected chi connectivity index (χ4v) is 1.65. The van der Waals surface area contributed by atoms with Gasteiger partial charge in [0, 0.05) is 31.6 Å². The summed E-state index contributed by atoms with van der Waals surface area (Å²) in [5.74, 6) is -0.218. The molecule has 102 valence electrons. The minimum atomic E-state index is -0.218. The average Bonchev–Trinajstić information content (AvgIpc) is 2.38. The smallest absolute Gasteiger partial charge is 0.256 e. The van der Waals surface area contributed by atoms with Crippen molar-refractivity contribution >= 4 is 17.3 Å². The molecule has 1 aromatic carbocycles. The number of hydrogen-bond donors (Lipinski definition) is 2. The van der Waals surface area contributed by atoms with Gasteiger partial charge in [-0.2, -0.15) is 5.26 Å². The van der Waals surface area contributed by atoms with Crippen molar-refractivity contribution in [1.29, 1.82) is 5.26 Å². The molecule has 0 aliphatic carbocycles. The molecule has 0 heterocycles. The molecule has 0 aromatic heterocycles. The number of amides is 1.